The molecule has 0 aromatic carbocycles. The minimum Gasteiger partial charge on any atom is -0.469 e. The number of carbonyl (C=O) groups is 1. The van der Waals surface area contributed by atoms with Gasteiger partial charge in [0.05, 0.1) is 25.3 Å². The Kier molecular flexibility index (Phi) is 1.82. The van der Waals surface area contributed by atoms with E-state index >= 15 is 0 Å². The van der Waals surface area contributed by atoms with Crippen LogP contribution in [-0.4, -0.2) is 24.2 Å². The summed E-state index contributed by atoms with van der Waals surface area (Å²) in [7, 11) is 1.41. The first kappa shape index (κ1) is 8.91. The summed E-state index contributed by atoms with van der Waals surface area (Å²) >= 11 is 0. The van der Waals surface area contributed by atoms with Gasteiger partial charge < -0.3 is 13.9 Å². The van der Waals surface area contributed by atoms with Gasteiger partial charge in [0.2, 0.25) is 0 Å². The van der Waals surface area contributed by atoms with E-state index in [1.807, 2.05) is 0 Å². The smallest absolute Gasteiger partial charge is 0.311 e. The number of hydrogen-bond acceptors (Lipinski definition) is 5. The lowest BCUT2D eigenvalue weighted by Crippen LogP contribution is -2.12. The first-order chi connectivity index (χ1) is 7.31. The topological polar surface area (TPSA) is 61.6 Å². The zero-order valence-corrected chi connectivity index (χ0v) is 8.25. The van der Waals surface area contributed by atoms with Gasteiger partial charge in [-0.05, 0) is 6.42 Å². The predicted molar refractivity (Wildman–Crippen MR) is 47.7 cm³/mol. The molecular weight excluding hydrogens is 198 g/mol. The Balaban J connectivity index is 1.64. The van der Waals surface area contributed by atoms with E-state index < -0.39 is 0 Å². The van der Waals surface area contributed by atoms with Crippen molar-refractivity contribution in [2.75, 3.05) is 7.11 Å². The lowest BCUT2D eigenvalue weighted by Gasteiger charge is -2.10. The summed E-state index contributed by atoms with van der Waals surface area (Å²) in [5.41, 5.74) is 0. The maximum Gasteiger partial charge on any atom is 0.311 e. The second-order valence-electron chi connectivity index (χ2n) is 3.94. The van der Waals surface area contributed by atoms with Gasteiger partial charge in [-0.1, -0.05) is 0 Å². The van der Waals surface area contributed by atoms with E-state index in [0.717, 1.165) is 12.2 Å². The highest BCUT2D eigenvalue weighted by Crippen LogP contribution is 2.56. The molecule has 1 aromatic heterocycles. The van der Waals surface area contributed by atoms with Crippen LogP contribution in [0.5, 0.6) is 0 Å². The van der Waals surface area contributed by atoms with Gasteiger partial charge in [0.1, 0.15) is 6.10 Å². The SMILES string of the molecule is COC(=O)[C@H]1[C@@H]2C[C@H](c3cnco3)O[C@@H]21. The Morgan fingerprint density at radius 3 is 3.07 bits per heavy atom. The molecule has 0 N–H and O–H groups in total. The number of oxazole rings is 1. The van der Waals surface area contributed by atoms with Gasteiger partial charge in [0.25, 0.3) is 0 Å². The van der Waals surface area contributed by atoms with Crippen LogP contribution in [0.15, 0.2) is 17.0 Å². The lowest BCUT2D eigenvalue weighted by atomic mass is 10.1. The van der Waals surface area contributed by atoms with E-state index in [1.54, 1.807) is 6.20 Å². The van der Waals surface area contributed by atoms with Crippen molar-refractivity contribution < 1.29 is 18.7 Å². The van der Waals surface area contributed by atoms with Crippen LogP contribution >= 0.6 is 0 Å². The van der Waals surface area contributed by atoms with Crippen LogP contribution in [0.1, 0.15) is 18.3 Å². The van der Waals surface area contributed by atoms with Crippen LogP contribution in [0.3, 0.4) is 0 Å². The molecule has 0 amide bonds. The molecule has 5 nitrogen and oxygen atoms in total. The molecule has 1 aliphatic carbocycles. The van der Waals surface area contributed by atoms with Crippen molar-refractivity contribution in [1.82, 2.24) is 4.98 Å². The number of fused-ring (bicyclic) bond motifs is 1. The van der Waals surface area contributed by atoms with Crippen LogP contribution in [0.25, 0.3) is 0 Å². The van der Waals surface area contributed by atoms with Crippen molar-refractivity contribution in [1.29, 1.82) is 0 Å². The number of aromatic nitrogens is 1. The molecule has 0 radical (unpaired) electrons. The van der Waals surface area contributed by atoms with Crippen molar-refractivity contribution in [2.45, 2.75) is 18.6 Å². The fourth-order valence-electron chi connectivity index (χ4n) is 2.31. The van der Waals surface area contributed by atoms with Gasteiger partial charge in [-0.15, -0.1) is 0 Å². The fourth-order valence-corrected chi connectivity index (χ4v) is 2.31. The molecule has 0 bridgehead atoms. The molecule has 2 heterocycles. The maximum absolute atomic E-state index is 11.2. The van der Waals surface area contributed by atoms with Crippen LogP contribution < -0.4 is 0 Å². The van der Waals surface area contributed by atoms with E-state index in [4.69, 9.17) is 9.15 Å². The molecule has 5 heteroatoms. The number of hydrogen-bond donors (Lipinski definition) is 0. The Hall–Kier alpha value is -1.36. The zero-order chi connectivity index (χ0) is 10.4. The Morgan fingerprint density at radius 2 is 2.53 bits per heavy atom. The monoisotopic (exact) mass is 209 g/mol. The number of ether oxygens (including phenoxy) is 2. The van der Waals surface area contributed by atoms with Crippen molar-refractivity contribution in [2.24, 2.45) is 11.8 Å². The largest absolute Gasteiger partial charge is 0.469 e. The third-order valence-electron chi connectivity index (χ3n) is 3.15. The normalized spacial score (nSPS) is 37.4. The highest BCUT2D eigenvalue weighted by atomic mass is 16.5. The number of nitrogens with zero attached hydrogens (tertiary/aromatic N) is 1. The molecule has 80 valence electrons. The van der Waals surface area contributed by atoms with Crippen molar-refractivity contribution >= 4 is 5.97 Å². The maximum atomic E-state index is 11.2. The Morgan fingerprint density at radius 1 is 1.67 bits per heavy atom. The van der Waals surface area contributed by atoms with Gasteiger partial charge in [0.15, 0.2) is 12.2 Å². The van der Waals surface area contributed by atoms with Crippen LogP contribution in [0, 0.1) is 11.8 Å². The second-order valence-corrected chi connectivity index (χ2v) is 3.94. The highest BCUT2D eigenvalue weighted by Gasteiger charge is 2.62. The van der Waals surface area contributed by atoms with Gasteiger partial charge in [-0.3, -0.25) is 4.79 Å². The Labute approximate surface area is 86.4 Å². The van der Waals surface area contributed by atoms with E-state index in [0.29, 0.717) is 5.92 Å². The van der Waals surface area contributed by atoms with Crippen molar-refractivity contribution in [3.63, 3.8) is 0 Å². The van der Waals surface area contributed by atoms with Crippen LogP contribution in [0.2, 0.25) is 0 Å². The molecule has 4 atom stereocenters. The van der Waals surface area contributed by atoms with E-state index in [9.17, 15) is 4.79 Å². The zero-order valence-electron chi connectivity index (χ0n) is 8.25. The fraction of sp³-hybridized carbons (Fsp3) is 0.600. The minimum absolute atomic E-state index is 0.0209. The minimum atomic E-state index is -0.166. The van der Waals surface area contributed by atoms with Crippen LogP contribution in [0.4, 0.5) is 0 Å². The van der Waals surface area contributed by atoms with Gasteiger partial charge in [-0.2, -0.15) is 0 Å². The summed E-state index contributed by atoms with van der Waals surface area (Å²) in [6.45, 7) is 0. The summed E-state index contributed by atoms with van der Waals surface area (Å²) < 4.78 is 15.5. The summed E-state index contributed by atoms with van der Waals surface area (Å²) in [4.78, 5) is 15.1. The standard InChI is InChI=1S/C10H11NO4/c1-13-10(12)8-5-2-6(15-9(5)8)7-3-11-4-14-7/h3-6,8-9H,2H2,1H3/t5-,6+,8-,9-/m0/s1. The molecule has 1 saturated carbocycles. The molecule has 2 fully saturated rings. The molecule has 15 heavy (non-hydrogen) atoms. The Bertz CT molecular complexity index is 363. The molecule has 1 saturated heterocycles. The van der Waals surface area contributed by atoms with Crippen molar-refractivity contribution in [3.05, 3.63) is 18.4 Å². The summed E-state index contributed by atoms with van der Waals surface area (Å²) in [6, 6.07) is 0. The second kappa shape index (κ2) is 3.06. The summed E-state index contributed by atoms with van der Waals surface area (Å²) in [5, 5.41) is 0. The third-order valence-corrected chi connectivity index (χ3v) is 3.15. The quantitative estimate of drug-likeness (QED) is 0.678. The number of methoxy groups -OCH3 is 1. The first-order valence-corrected chi connectivity index (χ1v) is 4.93. The number of carbonyl (C=O) groups excluding carboxylic acids is 1. The molecule has 3 rings (SSSR count). The molecule has 1 aliphatic heterocycles. The predicted octanol–water partition coefficient (Wildman–Crippen LogP) is 0.924. The summed E-state index contributed by atoms with van der Waals surface area (Å²) in [6.07, 6.45) is 3.85. The third kappa shape index (κ3) is 1.26. The van der Waals surface area contributed by atoms with E-state index in [1.165, 1.54) is 13.5 Å². The molecule has 2 aliphatic rings. The molecule has 0 spiro atoms. The van der Waals surface area contributed by atoms with Crippen LogP contribution in [-0.2, 0) is 14.3 Å². The average molecular weight is 209 g/mol. The van der Waals surface area contributed by atoms with E-state index in [2.05, 4.69) is 9.72 Å². The number of rotatable bonds is 2. The summed E-state index contributed by atoms with van der Waals surface area (Å²) in [5.74, 6) is 0.813. The van der Waals surface area contributed by atoms with E-state index in [-0.39, 0.29) is 24.1 Å². The number of esters is 1. The molecule has 1 aromatic rings. The van der Waals surface area contributed by atoms with Crippen molar-refractivity contribution in [3.8, 4) is 0 Å². The highest BCUT2D eigenvalue weighted by molar-refractivity contribution is 5.77. The lowest BCUT2D eigenvalue weighted by molar-refractivity contribution is -0.144. The average Bonchev–Trinajstić information content (AvgIpc) is 2.74. The molecular formula is C10H11NO4. The molecule has 0 unspecified atom stereocenters. The van der Waals surface area contributed by atoms with Gasteiger partial charge >= 0.3 is 5.97 Å². The van der Waals surface area contributed by atoms with Gasteiger partial charge in [0, 0.05) is 5.92 Å². The van der Waals surface area contributed by atoms with Gasteiger partial charge in [-0.25, -0.2) is 4.98 Å². The first-order valence-electron chi connectivity index (χ1n) is 4.93.